The Hall–Kier alpha value is -2.68. The molecule has 0 spiro atoms. The van der Waals surface area contributed by atoms with Crippen molar-refractivity contribution in [2.24, 2.45) is 0 Å². The molecule has 0 N–H and O–H groups in total. The average molecular weight is 460 g/mol. The van der Waals surface area contributed by atoms with Crippen LogP contribution in [0.3, 0.4) is 0 Å². The van der Waals surface area contributed by atoms with E-state index in [9.17, 15) is 14.4 Å². The fourth-order valence-corrected chi connectivity index (χ4v) is 4.85. The van der Waals surface area contributed by atoms with Crippen molar-refractivity contribution in [3.8, 4) is 0 Å². The maximum atomic E-state index is 12.5. The van der Waals surface area contributed by atoms with Crippen molar-refractivity contribution in [1.29, 1.82) is 0 Å². The first-order chi connectivity index (χ1) is 14.9. The number of halogens is 1. The number of carbonyl (C=O) groups is 3. The molecular formula is C22H22ClN3O4S. The molecule has 0 aliphatic carbocycles. The summed E-state index contributed by atoms with van der Waals surface area (Å²) in [7, 11) is 0. The minimum absolute atomic E-state index is 0.234. The van der Waals surface area contributed by atoms with E-state index in [-0.39, 0.29) is 25.0 Å². The fraction of sp³-hybridized carbons (Fsp3) is 0.318. The zero-order chi connectivity index (χ0) is 22.0. The number of rotatable bonds is 6. The summed E-state index contributed by atoms with van der Waals surface area (Å²) >= 11 is 7.54. The molecule has 3 heterocycles. The first kappa shape index (κ1) is 21.5. The molecule has 1 fully saturated rings. The van der Waals surface area contributed by atoms with Gasteiger partial charge in [-0.2, -0.15) is 0 Å². The first-order valence-corrected chi connectivity index (χ1v) is 11.1. The Morgan fingerprint density at radius 2 is 1.77 bits per heavy atom. The summed E-state index contributed by atoms with van der Waals surface area (Å²) in [5.41, 5.74) is 1.69. The topological polar surface area (TPSA) is 70.2 Å². The molecular weight excluding hydrogens is 438 g/mol. The number of fused-ring (bicyclic) bond motifs is 1. The maximum absolute atomic E-state index is 12.5. The largest absolute Gasteiger partial charge is 0.454 e. The minimum atomic E-state index is -0.635. The molecule has 162 valence electrons. The highest BCUT2D eigenvalue weighted by atomic mass is 35.5. The summed E-state index contributed by atoms with van der Waals surface area (Å²) in [6, 6.07) is 11.0. The molecule has 4 rings (SSSR count). The number of hydrogen-bond donors (Lipinski definition) is 0. The number of carbonyl (C=O) groups excluding carboxylic acids is 3. The Morgan fingerprint density at radius 3 is 2.42 bits per heavy atom. The van der Waals surface area contributed by atoms with Crippen LogP contribution in [-0.2, 0) is 20.9 Å². The third-order valence-corrected chi connectivity index (χ3v) is 6.63. The minimum Gasteiger partial charge on any atom is -0.454 e. The quantitative estimate of drug-likeness (QED) is 0.621. The third kappa shape index (κ3) is 4.81. The van der Waals surface area contributed by atoms with Gasteiger partial charge < -0.3 is 9.64 Å². The van der Waals surface area contributed by atoms with Crippen LogP contribution in [0.1, 0.15) is 20.8 Å². The number of hydrogen-bond acceptors (Lipinski definition) is 6. The lowest BCUT2D eigenvalue weighted by atomic mass is 10.1. The van der Waals surface area contributed by atoms with Crippen LogP contribution in [0.2, 0.25) is 4.34 Å². The van der Waals surface area contributed by atoms with Crippen LogP contribution in [0.15, 0.2) is 43.0 Å². The van der Waals surface area contributed by atoms with E-state index in [4.69, 9.17) is 16.3 Å². The number of ether oxygens (including phenoxy) is 1. The van der Waals surface area contributed by atoms with Crippen molar-refractivity contribution in [3.63, 3.8) is 0 Å². The normalized spacial score (nSPS) is 16.5. The highest BCUT2D eigenvalue weighted by molar-refractivity contribution is 7.16. The van der Waals surface area contributed by atoms with Crippen molar-refractivity contribution in [3.05, 3.63) is 63.3 Å². The molecule has 0 unspecified atom stereocenters. The van der Waals surface area contributed by atoms with Gasteiger partial charge in [0.2, 0.25) is 0 Å². The summed E-state index contributed by atoms with van der Waals surface area (Å²) in [5.74, 6) is -1.15. The van der Waals surface area contributed by atoms with Gasteiger partial charge in [0.25, 0.3) is 11.8 Å². The standard InChI is InChI=1S/C22H22ClN3O4S/c1-15-17-4-2-3-5-18(17)22(29)26(15)13-21(28)30-14-20(27)25-10-8-24(9-11-25)12-16-6-7-19(23)31-16/h2-7H,1,8-14H2. The summed E-state index contributed by atoms with van der Waals surface area (Å²) < 4.78 is 5.92. The Kier molecular flexibility index (Phi) is 6.41. The van der Waals surface area contributed by atoms with Crippen LogP contribution >= 0.6 is 22.9 Å². The zero-order valence-electron chi connectivity index (χ0n) is 16.9. The van der Waals surface area contributed by atoms with E-state index in [0.29, 0.717) is 29.9 Å². The van der Waals surface area contributed by atoms with Crippen LogP contribution < -0.4 is 0 Å². The second kappa shape index (κ2) is 9.21. The van der Waals surface area contributed by atoms with Crippen LogP contribution in [-0.4, -0.2) is 71.8 Å². The second-order valence-electron chi connectivity index (χ2n) is 7.41. The predicted octanol–water partition coefficient (Wildman–Crippen LogP) is 2.72. The lowest BCUT2D eigenvalue weighted by molar-refractivity contribution is -0.152. The van der Waals surface area contributed by atoms with Gasteiger partial charge in [-0.3, -0.25) is 24.2 Å². The Morgan fingerprint density at radius 1 is 1.06 bits per heavy atom. The molecule has 0 radical (unpaired) electrons. The van der Waals surface area contributed by atoms with Gasteiger partial charge >= 0.3 is 5.97 Å². The van der Waals surface area contributed by atoms with Gasteiger partial charge in [-0.15, -0.1) is 11.3 Å². The van der Waals surface area contributed by atoms with Crippen molar-refractivity contribution in [2.45, 2.75) is 6.54 Å². The summed E-state index contributed by atoms with van der Waals surface area (Å²) in [6.45, 7) is 6.75. The molecule has 1 aromatic carbocycles. The first-order valence-electron chi connectivity index (χ1n) is 9.92. The Balaban J connectivity index is 1.21. The highest BCUT2D eigenvalue weighted by Crippen LogP contribution is 2.30. The van der Waals surface area contributed by atoms with E-state index in [2.05, 4.69) is 11.5 Å². The average Bonchev–Trinajstić information content (AvgIpc) is 3.29. The molecule has 9 heteroatoms. The molecule has 1 saturated heterocycles. The molecule has 2 aromatic rings. The molecule has 2 aliphatic rings. The molecule has 2 aliphatic heterocycles. The van der Waals surface area contributed by atoms with E-state index in [0.717, 1.165) is 24.0 Å². The van der Waals surface area contributed by atoms with Gasteiger partial charge in [0.15, 0.2) is 6.61 Å². The second-order valence-corrected chi connectivity index (χ2v) is 9.21. The van der Waals surface area contributed by atoms with E-state index < -0.39 is 5.97 Å². The van der Waals surface area contributed by atoms with Crippen molar-refractivity contribution >= 4 is 46.4 Å². The van der Waals surface area contributed by atoms with Crippen molar-refractivity contribution in [2.75, 3.05) is 39.3 Å². The van der Waals surface area contributed by atoms with Gasteiger partial charge in [-0.25, -0.2) is 0 Å². The predicted molar refractivity (Wildman–Crippen MR) is 119 cm³/mol. The van der Waals surface area contributed by atoms with Gasteiger partial charge in [0.05, 0.1) is 4.34 Å². The summed E-state index contributed by atoms with van der Waals surface area (Å²) in [4.78, 5) is 43.6. The van der Waals surface area contributed by atoms with Gasteiger partial charge in [-0.1, -0.05) is 36.4 Å². The van der Waals surface area contributed by atoms with Crippen LogP contribution in [0, 0.1) is 0 Å². The molecule has 0 bridgehead atoms. The van der Waals surface area contributed by atoms with Crippen molar-refractivity contribution < 1.29 is 19.1 Å². The maximum Gasteiger partial charge on any atom is 0.326 e. The Labute approximate surface area is 189 Å². The van der Waals surface area contributed by atoms with Gasteiger partial charge in [-0.05, 0) is 18.2 Å². The monoisotopic (exact) mass is 459 g/mol. The molecule has 31 heavy (non-hydrogen) atoms. The van der Waals surface area contributed by atoms with E-state index in [1.165, 1.54) is 9.78 Å². The zero-order valence-corrected chi connectivity index (χ0v) is 18.5. The molecule has 2 amide bonds. The van der Waals surface area contributed by atoms with Crippen LogP contribution in [0.5, 0.6) is 0 Å². The van der Waals surface area contributed by atoms with Crippen molar-refractivity contribution in [1.82, 2.24) is 14.7 Å². The van der Waals surface area contributed by atoms with E-state index in [1.807, 2.05) is 18.2 Å². The van der Waals surface area contributed by atoms with Gasteiger partial charge in [0.1, 0.15) is 6.54 Å². The lowest BCUT2D eigenvalue weighted by Gasteiger charge is -2.34. The number of nitrogens with zero attached hydrogens (tertiary/aromatic N) is 3. The third-order valence-electron chi connectivity index (χ3n) is 5.42. The van der Waals surface area contributed by atoms with Gasteiger partial charge in [0, 0.05) is 54.4 Å². The fourth-order valence-electron chi connectivity index (χ4n) is 3.72. The SMILES string of the molecule is C=C1c2ccccc2C(=O)N1CC(=O)OCC(=O)N1CCN(Cc2ccc(Cl)s2)CC1. The number of thiophene rings is 1. The number of esters is 1. The van der Waals surface area contributed by atoms with Crippen LogP contribution in [0.25, 0.3) is 5.70 Å². The lowest BCUT2D eigenvalue weighted by Crippen LogP contribution is -2.49. The molecule has 0 atom stereocenters. The highest BCUT2D eigenvalue weighted by Gasteiger charge is 2.32. The van der Waals surface area contributed by atoms with E-state index in [1.54, 1.807) is 34.4 Å². The van der Waals surface area contributed by atoms with E-state index >= 15 is 0 Å². The summed E-state index contributed by atoms with van der Waals surface area (Å²) in [5, 5.41) is 0. The summed E-state index contributed by atoms with van der Waals surface area (Å²) in [6.07, 6.45) is 0. The Bertz CT molecular complexity index is 994. The smallest absolute Gasteiger partial charge is 0.326 e. The molecule has 1 aromatic heterocycles. The number of piperazine rings is 1. The number of amides is 2. The molecule has 0 saturated carbocycles. The molecule has 7 nitrogen and oxygen atoms in total. The van der Waals surface area contributed by atoms with Crippen LogP contribution in [0.4, 0.5) is 0 Å². The number of benzene rings is 1.